The van der Waals surface area contributed by atoms with Crippen LogP contribution in [-0.4, -0.2) is 34.6 Å². The maximum Gasteiger partial charge on any atom is 0.380 e. The molecule has 8 nitrogen and oxygen atoms in total. The molecule has 1 N–H and O–H groups in total. The lowest BCUT2D eigenvalue weighted by Gasteiger charge is -2.18. The molecule has 1 heterocycles. The van der Waals surface area contributed by atoms with Crippen LogP contribution in [0.1, 0.15) is 33.4 Å². The number of esters is 1. The summed E-state index contributed by atoms with van der Waals surface area (Å²) in [5, 5.41) is 7.15. The van der Waals surface area contributed by atoms with Gasteiger partial charge in [0.05, 0.1) is 29.7 Å². The Bertz CT molecular complexity index is 1380. The van der Waals surface area contributed by atoms with Crippen molar-refractivity contribution in [3.8, 4) is 11.4 Å². The molecule has 0 fully saturated rings. The number of para-hydroxylation sites is 1. The Kier molecular flexibility index (Phi) is 7.25. The third kappa shape index (κ3) is 5.17. The van der Waals surface area contributed by atoms with Crippen LogP contribution >= 0.6 is 0 Å². The van der Waals surface area contributed by atoms with Crippen molar-refractivity contribution in [1.29, 1.82) is 0 Å². The molecule has 4 aromatic rings. The highest BCUT2D eigenvalue weighted by molar-refractivity contribution is 6.41. The van der Waals surface area contributed by atoms with Gasteiger partial charge < -0.3 is 14.8 Å². The number of nitrogens with one attached hydrogen (secondary N) is 1. The van der Waals surface area contributed by atoms with Crippen molar-refractivity contribution in [3.63, 3.8) is 0 Å². The average molecular weight is 484 g/mol. The van der Waals surface area contributed by atoms with Crippen LogP contribution < -0.4 is 10.1 Å². The van der Waals surface area contributed by atoms with E-state index in [2.05, 4.69) is 10.4 Å². The third-order valence-corrected chi connectivity index (χ3v) is 5.63. The van der Waals surface area contributed by atoms with Gasteiger partial charge in [-0.25, -0.2) is 9.48 Å². The fourth-order valence-electron chi connectivity index (χ4n) is 3.84. The van der Waals surface area contributed by atoms with Crippen LogP contribution in [0.5, 0.6) is 5.75 Å². The van der Waals surface area contributed by atoms with Gasteiger partial charge in [0.15, 0.2) is 0 Å². The zero-order valence-corrected chi connectivity index (χ0v) is 20.1. The van der Waals surface area contributed by atoms with E-state index < -0.39 is 23.8 Å². The number of aromatic nitrogens is 2. The number of hydrogen-bond donors (Lipinski definition) is 1. The van der Waals surface area contributed by atoms with Crippen LogP contribution in [0, 0.1) is 13.8 Å². The van der Waals surface area contributed by atoms with Crippen molar-refractivity contribution in [2.24, 2.45) is 0 Å². The minimum Gasteiger partial charge on any atom is -0.497 e. The Morgan fingerprint density at radius 1 is 0.861 bits per heavy atom. The molecule has 0 aliphatic rings. The average Bonchev–Trinajstić information content (AvgIpc) is 3.21. The van der Waals surface area contributed by atoms with Crippen LogP contribution in [0.15, 0.2) is 84.9 Å². The summed E-state index contributed by atoms with van der Waals surface area (Å²) in [4.78, 5) is 39.3. The van der Waals surface area contributed by atoms with Gasteiger partial charge in [-0.05, 0) is 50.2 Å². The maximum atomic E-state index is 13.2. The highest BCUT2D eigenvalue weighted by Crippen LogP contribution is 2.24. The van der Waals surface area contributed by atoms with Crippen LogP contribution in [0.4, 0.5) is 5.69 Å². The number of carbonyl (C=O) groups is 3. The number of hydrogen-bond acceptors (Lipinski definition) is 6. The van der Waals surface area contributed by atoms with E-state index in [1.165, 1.54) is 0 Å². The number of rotatable bonds is 8. The van der Waals surface area contributed by atoms with Gasteiger partial charge in [-0.3, -0.25) is 9.59 Å². The summed E-state index contributed by atoms with van der Waals surface area (Å²) in [5.41, 5.74) is 2.70. The predicted molar refractivity (Wildman–Crippen MR) is 134 cm³/mol. The Morgan fingerprint density at radius 2 is 1.47 bits per heavy atom. The summed E-state index contributed by atoms with van der Waals surface area (Å²) in [5.74, 6) is -1.98. The standard InChI is InChI=1S/C28H25N3O5/c1-18-24(19(2)31(30-18)22-12-8-5-9-13-22)25(32)28(34)36-26(20-10-6-4-7-11-20)27(33)29-21-14-16-23(35-3)17-15-21/h4-17,26H,1-3H3,(H,29,33)/t26-/m0/s1. The van der Waals surface area contributed by atoms with Crippen LogP contribution in [0.25, 0.3) is 5.69 Å². The number of amides is 1. The Hall–Kier alpha value is -4.72. The molecule has 0 aliphatic carbocycles. The van der Waals surface area contributed by atoms with Crippen molar-refractivity contribution in [3.05, 3.63) is 107 Å². The first kappa shape index (κ1) is 24.4. The van der Waals surface area contributed by atoms with E-state index in [4.69, 9.17) is 9.47 Å². The monoisotopic (exact) mass is 483 g/mol. The first-order valence-electron chi connectivity index (χ1n) is 11.3. The first-order valence-corrected chi connectivity index (χ1v) is 11.3. The minimum absolute atomic E-state index is 0.145. The van der Waals surface area contributed by atoms with Crippen LogP contribution in [-0.2, 0) is 14.3 Å². The molecule has 0 spiro atoms. The first-order chi connectivity index (χ1) is 17.4. The number of ether oxygens (including phenoxy) is 2. The molecule has 4 rings (SSSR count). The molecule has 3 aromatic carbocycles. The lowest BCUT2D eigenvalue weighted by atomic mass is 10.1. The quantitative estimate of drug-likeness (QED) is 0.223. The molecular weight excluding hydrogens is 458 g/mol. The summed E-state index contributed by atoms with van der Waals surface area (Å²) in [6.07, 6.45) is -1.34. The molecule has 0 bridgehead atoms. The number of ketones is 1. The van der Waals surface area contributed by atoms with Gasteiger partial charge >= 0.3 is 5.97 Å². The SMILES string of the molecule is COc1ccc(NC(=O)[C@@H](OC(=O)C(=O)c2c(C)nn(-c3ccccc3)c2C)c2ccccc2)cc1. The molecule has 0 saturated heterocycles. The summed E-state index contributed by atoms with van der Waals surface area (Å²) < 4.78 is 12.2. The van der Waals surface area contributed by atoms with Gasteiger partial charge in [-0.2, -0.15) is 5.10 Å². The van der Waals surface area contributed by atoms with E-state index in [0.717, 1.165) is 5.69 Å². The second-order valence-corrected chi connectivity index (χ2v) is 8.04. The van der Waals surface area contributed by atoms with Gasteiger partial charge in [0.2, 0.25) is 6.10 Å². The molecule has 1 amide bonds. The molecule has 0 unspecified atom stereocenters. The van der Waals surface area contributed by atoms with Crippen LogP contribution in [0.3, 0.4) is 0 Å². The van der Waals surface area contributed by atoms with E-state index >= 15 is 0 Å². The van der Waals surface area contributed by atoms with E-state index in [-0.39, 0.29) is 5.56 Å². The predicted octanol–water partition coefficient (Wildman–Crippen LogP) is 4.60. The molecule has 0 saturated carbocycles. The molecule has 1 atom stereocenters. The van der Waals surface area contributed by atoms with Gasteiger partial charge in [0.1, 0.15) is 5.75 Å². The Balaban J connectivity index is 1.58. The molecule has 1 aromatic heterocycles. The van der Waals surface area contributed by atoms with Gasteiger partial charge in [-0.15, -0.1) is 0 Å². The highest BCUT2D eigenvalue weighted by atomic mass is 16.6. The number of nitrogens with zero attached hydrogens (tertiary/aromatic N) is 2. The van der Waals surface area contributed by atoms with E-state index in [9.17, 15) is 14.4 Å². The second kappa shape index (κ2) is 10.7. The smallest absolute Gasteiger partial charge is 0.380 e. The Morgan fingerprint density at radius 3 is 2.08 bits per heavy atom. The van der Waals surface area contributed by atoms with Gasteiger partial charge in [0, 0.05) is 11.3 Å². The van der Waals surface area contributed by atoms with Crippen molar-refractivity contribution >= 4 is 23.3 Å². The molecule has 8 heteroatoms. The largest absolute Gasteiger partial charge is 0.497 e. The van der Waals surface area contributed by atoms with E-state index in [1.54, 1.807) is 80.2 Å². The van der Waals surface area contributed by atoms with Crippen molar-refractivity contribution in [2.75, 3.05) is 12.4 Å². The van der Waals surface area contributed by atoms with Crippen molar-refractivity contribution < 1.29 is 23.9 Å². The third-order valence-electron chi connectivity index (χ3n) is 5.63. The van der Waals surface area contributed by atoms with Crippen LogP contribution in [0.2, 0.25) is 0 Å². The molecule has 182 valence electrons. The number of benzene rings is 3. The van der Waals surface area contributed by atoms with Gasteiger partial charge in [0.25, 0.3) is 11.7 Å². The fourth-order valence-corrected chi connectivity index (χ4v) is 3.84. The zero-order valence-electron chi connectivity index (χ0n) is 20.1. The maximum absolute atomic E-state index is 13.2. The Labute approximate surface area is 208 Å². The highest BCUT2D eigenvalue weighted by Gasteiger charge is 2.32. The molecule has 36 heavy (non-hydrogen) atoms. The summed E-state index contributed by atoms with van der Waals surface area (Å²) in [6, 6.07) is 24.5. The fraction of sp³-hybridized carbons (Fsp3) is 0.143. The number of aryl methyl sites for hydroxylation is 1. The summed E-state index contributed by atoms with van der Waals surface area (Å²) in [7, 11) is 1.54. The molecule has 0 radical (unpaired) electrons. The summed E-state index contributed by atoms with van der Waals surface area (Å²) in [6.45, 7) is 3.36. The van der Waals surface area contributed by atoms with E-state index in [0.29, 0.717) is 28.4 Å². The molecular formula is C28H25N3O5. The van der Waals surface area contributed by atoms with E-state index in [1.807, 2.05) is 30.3 Å². The minimum atomic E-state index is -1.34. The number of Topliss-reactive ketones (excluding diaryl/α,β-unsaturated/α-hetero) is 1. The van der Waals surface area contributed by atoms with Crippen molar-refractivity contribution in [1.82, 2.24) is 9.78 Å². The second-order valence-electron chi connectivity index (χ2n) is 8.04. The molecule has 0 aliphatic heterocycles. The summed E-state index contributed by atoms with van der Waals surface area (Å²) >= 11 is 0. The lowest BCUT2D eigenvalue weighted by molar-refractivity contribution is -0.149. The normalized spacial score (nSPS) is 11.4. The zero-order chi connectivity index (χ0) is 25.7. The van der Waals surface area contributed by atoms with Gasteiger partial charge in [-0.1, -0.05) is 48.5 Å². The van der Waals surface area contributed by atoms with Crippen molar-refractivity contribution in [2.45, 2.75) is 20.0 Å². The number of carbonyl (C=O) groups excluding carboxylic acids is 3. The topological polar surface area (TPSA) is 99.5 Å². The number of methoxy groups -OCH3 is 1. The lowest BCUT2D eigenvalue weighted by Crippen LogP contribution is -2.29. The number of anilines is 1.